The van der Waals surface area contributed by atoms with Crippen molar-refractivity contribution in [2.45, 2.75) is 36.7 Å². The molecule has 2 amide bonds. The van der Waals surface area contributed by atoms with Gasteiger partial charge in [0, 0.05) is 12.6 Å². The number of nitrogens with one attached hydrogen (secondary N) is 2. The lowest BCUT2D eigenvalue weighted by Gasteiger charge is -2.26. The van der Waals surface area contributed by atoms with E-state index < -0.39 is 10.0 Å². The molecule has 1 fully saturated rings. The first kappa shape index (κ1) is 13.8. The normalized spacial score (nSPS) is 15.6. The van der Waals surface area contributed by atoms with Gasteiger partial charge in [0.05, 0.1) is 4.90 Å². The molecule has 0 radical (unpaired) electrons. The molecule has 104 valence electrons. The average Bonchev–Trinajstić information content (AvgIpc) is 2.31. The molecule has 0 spiro atoms. The van der Waals surface area contributed by atoms with Crippen molar-refractivity contribution in [1.82, 2.24) is 10.6 Å². The Hall–Kier alpha value is -1.60. The van der Waals surface area contributed by atoms with Crippen LogP contribution in [-0.4, -0.2) is 20.5 Å². The molecule has 1 aromatic rings. The van der Waals surface area contributed by atoms with Crippen molar-refractivity contribution in [3.63, 3.8) is 0 Å². The SMILES string of the molecule is NS(=O)(=O)c1ccc(CNC(=O)NC2CCC2)cc1. The Balaban J connectivity index is 1.84. The molecule has 4 N–H and O–H groups in total. The third-order valence-electron chi connectivity index (χ3n) is 3.15. The minimum Gasteiger partial charge on any atom is -0.335 e. The Morgan fingerprint density at radius 1 is 1.26 bits per heavy atom. The third kappa shape index (κ3) is 3.93. The maximum Gasteiger partial charge on any atom is 0.315 e. The number of carbonyl (C=O) groups is 1. The van der Waals surface area contributed by atoms with E-state index in [-0.39, 0.29) is 10.9 Å². The van der Waals surface area contributed by atoms with E-state index in [9.17, 15) is 13.2 Å². The molecule has 0 heterocycles. The second-order valence-corrected chi connectivity index (χ2v) is 6.21. The minimum atomic E-state index is -3.66. The van der Waals surface area contributed by atoms with Gasteiger partial charge in [-0.05, 0) is 37.0 Å². The predicted molar refractivity (Wildman–Crippen MR) is 70.8 cm³/mol. The molecule has 6 nitrogen and oxygen atoms in total. The van der Waals surface area contributed by atoms with Gasteiger partial charge in [-0.1, -0.05) is 12.1 Å². The summed E-state index contributed by atoms with van der Waals surface area (Å²) in [5.74, 6) is 0. The molecular formula is C12H17N3O3S. The molecule has 1 saturated carbocycles. The minimum absolute atomic E-state index is 0.0650. The van der Waals surface area contributed by atoms with Crippen LogP contribution in [0.25, 0.3) is 0 Å². The Morgan fingerprint density at radius 3 is 2.37 bits per heavy atom. The Bertz CT molecular complexity index is 550. The number of rotatable bonds is 4. The summed E-state index contributed by atoms with van der Waals surface area (Å²) in [6.45, 7) is 0.351. The van der Waals surface area contributed by atoms with E-state index in [1.54, 1.807) is 12.1 Å². The van der Waals surface area contributed by atoms with Crippen molar-refractivity contribution in [3.8, 4) is 0 Å². The highest BCUT2D eigenvalue weighted by Gasteiger charge is 2.18. The van der Waals surface area contributed by atoms with Crippen LogP contribution >= 0.6 is 0 Å². The average molecular weight is 283 g/mol. The van der Waals surface area contributed by atoms with Crippen molar-refractivity contribution >= 4 is 16.1 Å². The summed E-state index contributed by atoms with van der Waals surface area (Å²) in [6.07, 6.45) is 3.24. The highest BCUT2D eigenvalue weighted by atomic mass is 32.2. The zero-order valence-electron chi connectivity index (χ0n) is 10.4. The zero-order valence-corrected chi connectivity index (χ0v) is 11.2. The first-order chi connectivity index (χ1) is 8.95. The molecule has 1 aliphatic rings. The molecule has 2 rings (SSSR count). The fraction of sp³-hybridized carbons (Fsp3) is 0.417. The molecular weight excluding hydrogens is 266 g/mol. The van der Waals surface area contributed by atoms with Crippen molar-refractivity contribution < 1.29 is 13.2 Å². The molecule has 0 bridgehead atoms. The van der Waals surface area contributed by atoms with Gasteiger partial charge in [0.25, 0.3) is 0 Å². The topological polar surface area (TPSA) is 101 Å². The van der Waals surface area contributed by atoms with E-state index >= 15 is 0 Å². The fourth-order valence-electron chi connectivity index (χ4n) is 1.77. The van der Waals surface area contributed by atoms with Gasteiger partial charge in [-0.3, -0.25) is 0 Å². The van der Waals surface area contributed by atoms with E-state index in [4.69, 9.17) is 5.14 Å². The van der Waals surface area contributed by atoms with Crippen LogP contribution < -0.4 is 15.8 Å². The van der Waals surface area contributed by atoms with Gasteiger partial charge >= 0.3 is 6.03 Å². The van der Waals surface area contributed by atoms with Crippen LogP contribution in [0.2, 0.25) is 0 Å². The first-order valence-electron chi connectivity index (χ1n) is 6.11. The van der Waals surface area contributed by atoms with Crippen LogP contribution in [0.1, 0.15) is 24.8 Å². The number of benzene rings is 1. The van der Waals surface area contributed by atoms with Crippen LogP contribution in [-0.2, 0) is 16.6 Å². The second kappa shape index (κ2) is 5.58. The summed E-state index contributed by atoms with van der Waals surface area (Å²) in [4.78, 5) is 11.6. The fourth-order valence-corrected chi connectivity index (χ4v) is 2.28. The van der Waals surface area contributed by atoms with Crippen molar-refractivity contribution in [2.24, 2.45) is 5.14 Å². The lowest BCUT2D eigenvalue weighted by atomic mass is 9.93. The van der Waals surface area contributed by atoms with Crippen LogP contribution in [0.4, 0.5) is 4.79 Å². The van der Waals surface area contributed by atoms with Crippen LogP contribution in [0.3, 0.4) is 0 Å². The highest BCUT2D eigenvalue weighted by molar-refractivity contribution is 7.89. The molecule has 0 aliphatic heterocycles. The van der Waals surface area contributed by atoms with Gasteiger partial charge < -0.3 is 10.6 Å². The van der Waals surface area contributed by atoms with Crippen LogP contribution in [0.5, 0.6) is 0 Å². The number of urea groups is 1. The molecule has 0 aromatic heterocycles. The lowest BCUT2D eigenvalue weighted by molar-refractivity contribution is 0.228. The molecule has 0 atom stereocenters. The number of amides is 2. The summed E-state index contributed by atoms with van der Waals surface area (Å²) in [6, 6.07) is 6.21. The Kier molecular flexibility index (Phi) is 4.06. The second-order valence-electron chi connectivity index (χ2n) is 4.64. The quantitative estimate of drug-likeness (QED) is 0.757. The maximum atomic E-state index is 11.5. The largest absolute Gasteiger partial charge is 0.335 e. The maximum absolute atomic E-state index is 11.5. The van der Waals surface area contributed by atoms with Gasteiger partial charge in [0.1, 0.15) is 0 Å². The Morgan fingerprint density at radius 2 is 1.89 bits per heavy atom. The van der Waals surface area contributed by atoms with E-state index in [1.165, 1.54) is 18.6 Å². The molecule has 1 aromatic carbocycles. The number of sulfonamides is 1. The molecule has 19 heavy (non-hydrogen) atoms. The lowest BCUT2D eigenvalue weighted by Crippen LogP contribution is -2.44. The van der Waals surface area contributed by atoms with E-state index in [0.29, 0.717) is 12.6 Å². The summed E-state index contributed by atoms with van der Waals surface area (Å²) in [5, 5.41) is 10.6. The van der Waals surface area contributed by atoms with Crippen molar-refractivity contribution in [3.05, 3.63) is 29.8 Å². The van der Waals surface area contributed by atoms with E-state index in [2.05, 4.69) is 10.6 Å². The van der Waals surface area contributed by atoms with Crippen molar-refractivity contribution in [1.29, 1.82) is 0 Å². The molecule has 7 heteroatoms. The van der Waals surface area contributed by atoms with E-state index in [1.807, 2.05) is 0 Å². The summed E-state index contributed by atoms with van der Waals surface area (Å²) in [5.41, 5.74) is 0.816. The number of primary sulfonamides is 1. The highest BCUT2D eigenvalue weighted by Crippen LogP contribution is 2.17. The molecule has 0 unspecified atom stereocenters. The van der Waals surface area contributed by atoms with Gasteiger partial charge in [0.15, 0.2) is 0 Å². The zero-order chi connectivity index (χ0) is 13.9. The Labute approximate surface area is 112 Å². The standard InChI is InChI=1S/C12H17N3O3S/c13-19(17,18)11-6-4-9(5-7-11)8-14-12(16)15-10-2-1-3-10/h4-7,10H,1-3,8H2,(H2,13,17,18)(H2,14,15,16). The smallest absolute Gasteiger partial charge is 0.315 e. The number of carbonyl (C=O) groups excluding carboxylic acids is 1. The number of nitrogens with two attached hydrogens (primary N) is 1. The number of hydrogen-bond acceptors (Lipinski definition) is 3. The van der Waals surface area contributed by atoms with Gasteiger partial charge in [-0.25, -0.2) is 18.4 Å². The van der Waals surface area contributed by atoms with E-state index in [0.717, 1.165) is 18.4 Å². The van der Waals surface area contributed by atoms with Crippen LogP contribution in [0.15, 0.2) is 29.2 Å². The van der Waals surface area contributed by atoms with Gasteiger partial charge in [-0.2, -0.15) is 0 Å². The van der Waals surface area contributed by atoms with Crippen molar-refractivity contribution in [2.75, 3.05) is 0 Å². The third-order valence-corrected chi connectivity index (χ3v) is 4.07. The molecule has 0 saturated heterocycles. The van der Waals surface area contributed by atoms with Gasteiger partial charge in [-0.15, -0.1) is 0 Å². The summed E-state index contributed by atoms with van der Waals surface area (Å²) >= 11 is 0. The number of hydrogen-bond donors (Lipinski definition) is 3. The summed E-state index contributed by atoms with van der Waals surface area (Å²) in [7, 11) is -3.66. The van der Waals surface area contributed by atoms with Crippen LogP contribution in [0, 0.1) is 0 Å². The first-order valence-corrected chi connectivity index (χ1v) is 7.66. The monoisotopic (exact) mass is 283 g/mol. The molecule has 1 aliphatic carbocycles. The summed E-state index contributed by atoms with van der Waals surface area (Å²) < 4.78 is 22.1. The van der Waals surface area contributed by atoms with Gasteiger partial charge in [0.2, 0.25) is 10.0 Å². The predicted octanol–water partition coefficient (Wildman–Crippen LogP) is 0.686.